The van der Waals surface area contributed by atoms with Crippen molar-refractivity contribution in [3.05, 3.63) is 90.1 Å². The van der Waals surface area contributed by atoms with Crippen molar-refractivity contribution in [2.24, 2.45) is 0 Å². The van der Waals surface area contributed by atoms with Crippen LogP contribution < -0.4 is 8.21 Å². The van der Waals surface area contributed by atoms with Gasteiger partial charge < -0.3 is 8.90 Å². The van der Waals surface area contributed by atoms with E-state index in [1.807, 2.05) is 49.4 Å². The Morgan fingerprint density at radius 2 is 1.64 bits per heavy atom. The second-order valence-electron chi connectivity index (χ2n) is 6.61. The van der Waals surface area contributed by atoms with Gasteiger partial charge >= 0.3 is 21.5 Å². The lowest BCUT2D eigenvalue weighted by molar-refractivity contribution is 0.0699. The van der Waals surface area contributed by atoms with Gasteiger partial charge in [-0.3, -0.25) is 4.98 Å². The average Bonchev–Trinajstić information content (AvgIpc) is 2.72. The van der Waals surface area contributed by atoms with E-state index in [0.717, 1.165) is 26.8 Å². The molecule has 4 nitrogen and oxygen atoms in total. The summed E-state index contributed by atoms with van der Waals surface area (Å²) in [4.78, 5) is 15.9. The molecule has 0 unspecified atom stereocenters. The number of carboxylic acid groups (broad SMARTS) is 1. The van der Waals surface area contributed by atoms with Gasteiger partial charge in [0.2, 0.25) is 0 Å². The fourth-order valence-electron chi connectivity index (χ4n) is 3.29. The molecule has 0 spiro atoms. The van der Waals surface area contributed by atoms with E-state index in [9.17, 15) is 9.90 Å². The van der Waals surface area contributed by atoms with Crippen molar-refractivity contribution < 1.29 is 13.7 Å². The van der Waals surface area contributed by atoms with Crippen molar-refractivity contribution in [3.8, 4) is 16.9 Å². The van der Waals surface area contributed by atoms with Crippen molar-refractivity contribution in [2.45, 2.75) is 6.92 Å². The highest BCUT2D eigenvalue weighted by Gasteiger charge is 2.15. The molecule has 0 aliphatic rings. The highest BCUT2D eigenvalue weighted by molar-refractivity contribution is 6.52. The first-order valence-electron chi connectivity index (χ1n) is 9.02. The number of rotatable bonds is 5. The van der Waals surface area contributed by atoms with Crippen LogP contribution in [0.3, 0.4) is 0 Å². The minimum absolute atomic E-state index is 0.226. The Balaban J connectivity index is 1.59. The zero-order valence-electron chi connectivity index (χ0n) is 15.4. The average molecular weight is 383 g/mol. The first-order chi connectivity index (χ1) is 13.6. The number of pyridine rings is 1. The molecule has 1 aromatic heterocycles. The number of aromatic carboxylic acids is 1. The molecule has 28 heavy (non-hydrogen) atoms. The zero-order chi connectivity index (χ0) is 19.5. The van der Waals surface area contributed by atoms with Gasteiger partial charge in [-0.25, -0.2) is 4.79 Å². The molecule has 3 aromatic carbocycles. The van der Waals surface area contributed by atoms with Gasteiger partial charge in [0.15, 0.2) is 0 Å². The van der Waals surface area contributed by atoms with E-state index in [-0.39, 0.29) is 5.56 Å². The van der Waals surface area contributed by atoms with Gasteiger partial charge in [0.05, 0.1) is 16.8 Å². The minimum atomic E-state index is -1.10. The highest BCUT2D eigenvalue weighted by atomic mass is 27.1. The molecule has 1 N–H and O–H groups in total. The van der Waals surface area contributed by atoms with Crippen molar-refractivity contribution in [1.82, 2.24) is 4.98 Å². The summed E-state index contributed by atoms with van der Waals surface area (Å²) in [6.45, 7) is 1.88. The number of para-hydroxylation sites is 1. The molecule has 0 fully saturated rings. The van der Waals surface area contributed by atoms with E-state index in [1.54, 1.807) is 12.1 Å². The maximum absolute atomic E-state index is 11.5. The second-order valence-corrected chi connectivity index (χ2v) is 7.95. The molecule has 0 saturated heterocycles. The number of carboxylic acids is 1. The Bertz CT molecular complexity index is 1140. The molecule has 4 aromatic rings. The van der Waals surface area contributed by atoms with Gasteiger partial charge in [0.25, 0.3) is 0 Å². The Hall–Kier alpha value is -3.13. The van der Waals surface area contributed by atoms with Crippen LogP contribution in [0.25, 0.3) is 22.0 Å². The summed E-state index contributed by atoms with van der Waals surface area (Å²) in [6.07, 6.45) is 0. The van der Waals surface area contributed by atoms with Crippen LogP contribution in [0.5, 0.6) is 5.75 Å². The number of hydrogen-bond donors (Lipinski definition) is 1. The Morgan fingerprint density at radius 1 is 0.929 bits per heavy atom. The molecule has 0 aliphatic carbocycles. The first-order valence-corrected chi connectivity index (χ1v) is 10.3. The summed E-state index contributed by atoms with van der Waals surface area (Å²) in [5.74, 6) is -0.142. The Labute approximate surface area is 169 Å². The lowest BCUT2D eigenvalue weighted by Gasteiger charge is -2.11. The fourth-order valence-corrected chi connectivity index (χ4v) is 4.62. The van der Waals surface area contributed by atoms with E-state index in [0.29, 0.717) is 5.52 Å². The molecule has 4 rings (SSSR count). The third-order valence-electron chi connectivity index (χ3n) is 4.64. The molecular weight excluding hydrogens is 365 g/mol. The Morgan fingerprint density at radius 3 is 2.36 bits per heavy atom. The van der Waals surface area contributed by atoms with E-state index < -0.39 is 21.5 Å². The summed E-state index contributed by atoms with van der Waals surface area (Å²) >= 11 is -1.10. The molecular formula is C23H18AlNO3. The topological polar surface area (TPSA) is 59.4 Å². The van der Waals surface area contributed by atoms with E-state index in [4.69, 9.17) is 3.79 Å². The Kier molecular flexibility index (Phi) is 5.12. The van der Waals surface area contributed by atoms with E-state index in [2.05, 4.69) is 29.2 Å². The molecule has 5 heteroatoms. The van der Waals surface area contributed by atoms with Gasteiger partial charge in [-0.15, -0.1) is 0 Å². The number of nitrogens with zero attached hydrogens (tertiary/aromatic N) is 1. The smallest absolute Gasteiger partial charge is 0.564 e. The van der Waals surface area contributed by atoms with Crippen LogP contribution in [-0.4, -0.2) is 31.6 Å². The molecule has 1 heterocycles. The van der Waals surface area contributed by atoms with Crippen molar-refractivity contribution in [1.29, 1.82) is 0 Å². The largest absolute Gasteiger partial charge is 0.642 e. The number of fused-ring (bicyclic) bond motifs is 1. The third-order valence-corrected chi connectivity index (χ3v) is 6.01. The summed E-state index contributed by atoms with van der Waals surface area (Å²) in [5, 5.41) is 10.3. The van der Waals surface area contributed by atoms with Gasteiger partial charge in [-0.1, -0.05) is 59.0 Å². The molecule has 0 radical (unpaired) electrons. The number of aromatic nitrogens is 1. The van der Waals surface area contributed by atoms with E-state index in [1.165, 1.54) is 5.56 Å². The van der Waals surface area contributed by atoms with Crippen molar-refractivity contribution in [2.75, 3.05) is 0 Å². The summed E-state index contributed by atoms with van der Waals surface area (Å²) < 4.78 is 7.16. The monoisotopic (exact) mass is 383 g/mol. The maximum atomic E-state index is 11.5. The molecule has 136 valence electrons. The van der Waals surface area contributed by atoms with E-state index >= 15 is 0 Å². The summed E-state index contributed by atoms with van der Waals surface area (Å²) in [7, 11) is 0. The molecule has 0 aliphatic heterocycles. The van der Waals surface area contributed by atoms with Gasteiger partial charge in [-0.05, 0) is 47.7 Å². The van der Waals surface area contributed by atoms with Crippen LogP contribution in [0.1, 0.15) is 16.1 Å². The zero-order valence-corrected chi connectivity index (χ0v) is 16.8. The van der Waals surface area contributed by atoms with Crippen molar-refractivity contribution >= 4 is 36.9 Å². The molecule has 0 amide bonds. The van der Waals surface area contributed by atoms with Crippen LogP contribution in [0.15, 0.2) is 78.9 Å². The predicted octanol–water partition coefficient (Wildman–Crippen LogP) is 3.96. The second kappa shape index (κ2) is 7.86. The van der Waals surface area contributed by atoms with Crippen molar-refractivity contribution in [3.63, 3.8) is 0 Å². The molecule has 0 bridgehead atoms. The molecule has 0 saturated carbocycles. The maximum Gasteiger partial charge on any atom is 0.564 e. The lowest BCUT2D eigenvalue weighted by Crippen LogP contribution is -2.23. The predicted molar refractivity (Wildman–Crippen MR) is 113 cm³/mol. The number of hydrogen-bond acceptors (Lipinski definition) is 3. The fraction of sp³-hybridized carbons (Fsp3) is 0.0435. The minimum Gasteiger partial charge on any atom is -0.642 e. The van der Waals surface area contributed by atoms with Gasteiger partial charge in [0.1, 0.15) is 0 Å². The van der Waals surface area contributed by atoms with Crippen LogP contribution in [0.2, 0.25) is 0 Å². The SMILES string of the molecule is Cc1c[c]([AlH][O]c2ccc(-c3ccccc3)cc2)c2cccc(C(=O)O)c2n1. The van der Waals surface area contributed by atoms with Crippen LogP contribution in [0, 0.1) is 6.92 Å². The third kappa shape index (κ3) is 3.77. The number of carbonyl (C=O) groups is 1. The highest BCUT2D eigenvalue weighted by Crippen LogP contribution is 2.22. The quantitative estimate of drug-likeness (QED) is 0.530. The van der Waals surface area contributed by atoms with Crippen LogP contribution in [-0.2, 0) is 0 Å². The van der Waals surface area contributed by atoms with Gasteiger partial charge in [0, 0.05) is 5.69 Å². The summed E-state index contributed by atoms with van der Waals surface area (Å²) in [6, 6.07) is 25.5. The first kappa shape index (κ1) is 18.2. The van der Waals surface area contributed by atoms with Crippen LogP contribution in [0.4, 0.5) is 0 Å². The lowest BCUT2D eigenvalue weighted by atomic mass is 10.1. The standard InChI is InChI=1S/C12H10O.C11H8NO2.Al.H/c13-12-8-6-11(7-9-12)10-4-2-1-3-5-10;1-7-5-6-8-3-2-4-9(11(13)14)10(8)12-7;;/h1-9,13H;2-5H,1H3,(H,13,14);;/q;;+1;/p-1. The van der Waals surface area contributed by atoms with Gasteiger partial charge in [-0.2, -0.15) is 0 Å². The normalized spacial score (nSPS) is 10.6. The van der Waals surface area contributed by atoms with Crippen LogP contribution >= 0.6 is 0 Å². The number of aryl methyl sites for hydroxylation is 1. The summed E-state index contributed by atoms with van der Waals surface area (Å²) in [5.41, 5.74) is 3.87. The molecule has 0 atom stereocenters. The number of benzene rings is 3.